The number of ketones is 1. The summed E-state index contributed by atoms with van der Waals surface area (Å²) >= 11 is 1.31. The highest BCUT2D eigenvalue weighted by Crippen LogP contribution is 2.44. The van der Waals surface area contributed by atoms with Crippen molar-refractivity contribution in [2.24, 2.45) is 0 Å². The third kappa shape index (κ3) is 9.03. The second-order valence-corrected chi connectivity index (χ2v) is 13.7. The van der Waals surface area contributed by atoms with Crippen LogP contribution in [0.1, 0.15) is 48.3 Å². The van der Waals surface area contributed by atoms with Gasteiger partial charge in [-0.05, 0) is 56.7 Å². The molecule has 206 valence electrons. The summed E-state index contributed by atoms with van der Waals surface area (Å²) < 4.78 is 57.9. The number of nitrogens with zero attached hydrogens (tertiary/aromatic N) is 1. The van der Waals surface area contributed by atoms with E-state index in [4.69, 9.17) is 18.5 Å². The van der Waals surface area contributed by atoms with Crippen molar-refractivity contribution in [2.45, 2.75) is 51.2 Å². The van der Waals surface area contributed by atoms with Crippen molar-refractivity contribution in [1.82, 2.24) is 4.98 Å². The fourth-order valence-electron chi connectivity index (χ4n) is 3.26. The van der Waals surface area contributed by atoms with E-state index >= 15 is 0 Å². The Bertz CT molecular complexity index is 1400. The molecule has 0 radical (unpaired) electrons. The number of benzene rings is 2. The SMILES string of the molecule is CCOP(C)(=O)OCc1csc(CC(=O)c2cc(Oc3ccc(S(C)(=O)=O)cc3)cc(O[C@@H](C)CC)c2)n1. The number of hydrogen-bond donors (Lipinski definition) is 0. The molecule has 38 heavy (non-hydrogen) atoms. The Kier molecular flexibility index (Phi) is 10.3. The molecular weight excluding hydrogens is 549 g/mol. The predicted molar refractivity (Wildman–Crippen MR) is 147 cm³/mol. The molecule has 3 rings (SSSR count). The number of ether oxygens (including phenoxy) is 2. The molecule has 0 saturated heterocycles. The molecule has 0 aliphatic rings. The Morgan fingerprint density at radius 3 is 2.37 bits per heavy atom. The van der Waals surface area contributed by atoms with Gasteiger partial charge in [0, 0.05) is 29.9 Å². The van der Waals surface area contributed by atoms with Crippen molar-refractivity contribution >= 4 is 34.6 Å². The Morgan fingerprint density at radius 2 is 1.74 bits per heavy atom. The number of thiazole rings is 1. The first kappa shape index (κ1) is 30.0. The molecular formula is C26H32NO8PS2. The van der Waals surface area contributed by atoms with E-state index in [-0.39, 0.29) is 36.4 Å². The van der Waals surface area contributed by atoms with Crippen LogP contribution in [0.5, 0.6) is 17.2 Å². The van der Waals surface area contributed by atoms with Gasteiger partial charge in [-0.15, -0.1) is 11.3 Å². The van der Waals surface area contributed by atoms with Crippen molar-refractivity contribution in [2.75, 3.05) is 19.5 Å². The van der Waals surface area contributed by atoms with Crippen molar-refractivity contribution < 1.29 is 36.3 Å². The van der Waals surface area contributed by atoms with Gasteiger partial charge in [0.05, 0.1) is 36.3 Å². The molecule has 1 heterocycles. The molecule has 9 nitrogen and oxygen atoms in total. The maximum Gasteiger partial charge on any atom is 0.327 e. The lowest BCUT2D eigenvalue weighted by molar-refractivity contribution is 0.0991. The Morgan fingerprint density at radius 1 is 1.05 bits per heavy atom. The van der Waals surface area contributed by atoms with Crippen LogP contribution in [-0.2, 0) is 36.5 Å². The lowest BCUT2D eigenvalue weighted by atomic mass is 10.1. The zero-order valence-corrected chi connectivity index (χ0v) is 24.5. The van der Waals surface area contributed by atoms with Crippen LogP contribution in [0.2, 0.25) is 0 Å². The van der Waals surface area contributed by atoms with Crippen LogP contribution in [0, 0.1) is 0 Å². The highest BCUT2D eigenvalue weighted by molar-refractivity contribution is 7.90. The minimum Gasteiger partial charge on any atom is -0.491 e. The van der Waals surface area contributed by atoms with E-state index in [1.165, 1.54) is 30.1 Å². The second-order valence-electron chi connectivity index (χ2n) is 8.67. The van der Waals surface area contributed by atoms with Gasteiger partial charge in [-0.2, -0.15) is 0 Å². The van der Waals surface area contributed by atoms with Gasteiger partial charge < -0.3 is 18.5 Å². The van der Waals surface area contributed by atoms with Crippen LogP contribution in [0.25, 0.3) is 0 Å². The number of sulfone groups is 1. The van der Waals surface area contributed by atoms with Gasteiger partial charge in [-0.25, -0.2) is 13.4 Å². The second kappa shape index (κ2) is 13.0. The van der Waals surface area contributed by atoms with E-state index in [2.05, 4.69) is 4.98 Å². The van der Waals surface area contributed by atoms with E-state index in [1.54, 1.807) is 42.6 Å². The van der Waals surface area contributed by atoms with Crippen molar-refractivity contribution in [3.05, 3.63) is 64.1 Å². The van der Waals surface area contributed by atoms with E-state index in [1.807, 2.05) is 13.8 Å². The number of hydrogen-bond acceptors (Lipinski definition) is 10. The first-order valence-corrected chi connectivity index (χ1v) is 16.8. The minimum atomic E-state index is -3.33. The summed E-state index contributed by atoms with van der Waals surface area (Å²) in [4.78, 5) is 17.8. The van der Waals surface area contributed by atoms with Crippen LogP contribution in [0.3, 0.4) is 0 Å². The number of carbonyl (C=O) groups is 1. The highest BCUT2D eigenvalue weighted by Gasteiger charge is 2.18. The highest BCUT2D eigenvalue weighted by atomic mass is 32.2. The van der Waals surface area contributed by atoms with Crippen LogP contribution in [-0.4, -0.2) is 44.8 Å². The van der Waals surface area contributed by atoms with Crippen molar-refractivity contribution in [3.8, 4) is 17.2 Å². The average molecular weight is 582 g/mol. The predicted octanol–water partition coefficient (Wildman–Crippen LogP) is 6.32. The average Bonchev–Trinajstić information content (AvgIpc) is 3.29. The Balaban J connectivity index is 1.78. The summed E-state index contributed by atoms with van der Waals surface area (Å²) in [5.74, 6) is 1.09. The zero-order valence-electron chi connectivity index (χ0n) is 22.0. The van der Waals surface area contributed by atoms with Gasteiger partial charge in [0.1, 0.15) is 22.3 Å². The Labute approximate surface area is 227 Å². The molecule has 2 atom stereocenters. The largest absolute Gasteiger partial charge is 0.491 e. The molecule has 0 bridgehead atoms. The first-order valence-electron chi connectivity index (χ1n) is 12.0. The van der Waals surface area contributed by atoms with Gasteiger partial charge in [-0.3, -0.25) is 9.36 Å². The number of Topliss-reactive ketones (excluding diaryl/α,β-unsaturated/α-hetero) is 1. The van der Waals surface area contributed by atoms with Crippen LogP contribution >= 0.6 is 18.9 Å². The molecule has 0 amide bonds. The standard InChI is InChI=1S/C26H32NO8PS2/c1-6-18(3)34-22-12-19(13-23(14-22)35-21-8-10-24(11-9-21)38(5,30)31)25(28)15-26-27-20(17-37-26)16-33-36(4,29)32-7-2/h8-14,17-18H,6-7,15-16H2,1-5H3/t18-,36?/m0/s1. The monoisotopic (exact) mass is 581 g/mol. The maximum atomic E-state index is 13.2. The number of rotatable bonds is 14. The fourth-order valence-corrected chi connectivity index (χ4v) is 5.58. The van der Waals surface area contributed by atoms with Gasteiger partial charge >= 0.3 is 7.60 Å². The topological polar surface area (TPSA) is 118 Å². The van der Waals surface area contributed by atoms with E-state index in [9.17, 15) is 17.8 Å². The summed E-state index contributed by atoms with van der Waals surface area (Å²) in [6.45, 7) is 7.37. The molecule has 0 saturated carbocycles. The van der Waals surface area contributed by atoms with E-state index < -0.39 is 17.4 Å². The quantitative estimate of drug-likeness (QED) is 0.159. The number of carbonyl (C=O) groups excluding carboxylic acids is 1. The van der Waals surface area contributed by atoms with E-state index in [0.29, 0.717) is 33.5 Å². The van der Waals surface area contributed by atoms with Gasteiger partial charge in [0.15, 0.2) is 15.6 Å². The maximum absolute atomic E-state index is 13.2. The lowest BCUT2D eigenvalue weighted by Gasteiger charge is -2.15. The van der Waals surface area contributed by atoms with Gasteiger partial charge in [0.2, 0.25) is 0 Å². The van der Waals surface area contributed by atoms with E-state index in [0.717, 1.165) is 12.7 Å². The molecule has 0 N–H and O–H groups in total. The molecule has 12 heteroatoms. The summed E-state index contributed by atoms with van der Waals surface area (Å²) in [6, 6.07) is 11.0. The molecule has 0 fully saturated rings. The molecule has 3 aromatic rings. The van der Waals surface area contributed by atoms with Gasteiger partial charge in [0.25, 0.3) is 0 Å². The normalized spacial score (nSPS) is 14.0. The lowest BCUT2D eigenvalue weighted by Crippen LogP contribution is -2.11. The summed E-state index contributed by atoms with van der Waals surface area (Å²) in [7, 11) is -6.48. The van der Waals surface area contributed by atoms with Crippen LogP contribution < -0.4 is 9.47 Å². The van der Waals surface area contributed by atoms with Crippen LogP contribution in [0.4, 0.5) is 0 Å². The third-order valence-corrected chi connectivity index (χ3v) is 8.67. The molecule has 1 unspecified atom stereocenters. The summed E-state index contributed by atoms with van der Waals surface area (Å²) in [5.41, 5.74) is 0.950. The third-order valence-electron chi connectivity index (χ3n) is 5.32. The molecule has 0 aliphatic heterocycles. The zero-order chi connectivity index (χ0) is 27.9. The molecule has 1 aromatic heterocycles. The number of aromatic nitrogens is 1. The molecule has 0 spiro atoms. The smallest absolute Gasteiger partial charge is 0.327 e. The van der Waals surface area contributed by atoms with Gasteiger partial charge in [-0.1, -0.05) is 6.92 Å². The molecule has 0 aliphatic carbocycles. The summed E-state index contributed by atoms with van der Waals surface area (Å²) in [5, 5.41) is 2.34. The van der Waals surface area contributed by atoms with Crippen molar-refractivity contribution in [1.29, 1.82) is 0 Å². The first-order chi connectivity index (χ1) is 17.9. The minimum absolute atomic E-state index is 0.0206. The molecule has 2 aromatic carbocycles. The van der Waals surface area contributed by atoms with Crippen LogP contribution in [0.15, 0.2) is 52.7 Å². The Hall–Kier alpha value is -2.56. The summed E-state index contributed by atoms with van der Waals surface area (Å²) in [6.07, 6.45) is 1.89. The fraction of sp³-hybridized carbons (Fsp3) is 0.385. The van der Waals surface area contributed by atoms with Crippen molar-refractivity contribution in [3.63, 3.8) is 0 Å².